The van der Waals surface area contributed by atoms with Gasteiger partial charge in [0.2, 0.25) is 0 Å². The summed E-state index contributed by atoms with van der Waals surface area (Å²) in [5.74, 6) is -0.349. The quantitative estimate of drug-likeness (QED) is 0.779. The Morgan fingerprint density at radius 3 is 2.47 bits per heavy atom. The molecule has 0 bridgehead atoms. The van der Waals surface area contributed by atoms with E-state index in [1.807, 2.05) is 0 Å². The molecule has 1 aromatic carbocycles. The topological polar surface area (TPSA) is 46.6 Å². The fourth-order valence-corrected chi connectivity index (χ4v) is 2.03. The summed E-state index contributed by atoms with van der Waals surface area (Å²) in [5, 5.41) is 0.601. The Morgan fingerprint density at radius 2 is 1.95 bits per heavy atom. The van der Waals surface area contributed by atoms with E-state index in [2.05, 4.69) is 4.74 Å². The highest BCUT2D eigenvalue weighted by atomic mass is 35.5. The monoisotopic (exact) mass is 281 g/mol. The van der Waals surface area contributed by atoms with Crippen molar-refractivity contribution in [3.63, 3.8) is 0 Å². The third-order valence-corrected chi connectivity index (χ3v) is 3.38. The highest BCUT2D eigenvalue weighted by Crippen LogP contribution is 2.28. The van der Waals surface area contributed by atoms with Crippen molar-refractivity contribution in [2.24, 2.45) is 0 Å². The molecule has 1 aliphatic rings. The van der Waals surface area contributed by atoms with Gasteiger partial charge in [-0.05, 0) is 37.1 Å². The van der Waals surface area contributed by atoms with Crippen LogP contribution in [0, 0.1) is 0 Å². The number of benzene rings is 1. The molecule has 0 heterocycles. The first-order valence-electron chi connectivity index (χ1n) is 6.25. The summed E-state index contributed by atoms with van der Waals surface area (Å²) >= 11 is 5.81. The highest BCUT2D eigenvalue weighted by Gasteiger charge is 2.33. The van der Waals surface area contributed by atoms with Gasteiger partial charge in [-0.25, -0.2) is 0 Å². The molecule has 102 valence electrons. The predicted octanol–water partition coefficient (Wildman–Crippen LogP) is 2.51. The van der Waals surface area contributed by atoms with Crippen molar-refractivity contribution < 1.29 is 14.3 Å². The van der Waals surface area contributed by atoms with Crippen LogP contribution in [-0.4, -0.2) is 36.5 Å². The minimum absolute atomic E-state index is 0.0527. The Kier molecular flexibility index (Phi) is 4.43. The largest absolute Gasteiger partial charge is 0.469 e. The number of hydrogen-bond donors (Lipinski definition) is 0. The van der Waals surface area contributed by atoms with Crippen LogP contribution in [0.1, 0.15) is 29.6 Å². The zero-order valence-electron chi connectivity index (χ0n) is 10.8. The van der Waals surface area contributed by atoms with Crippen molar-refractivity contribution >= 4 is 23.5 Å². The van der Waals surface area contributed by atoms with E-state index in [-0.39, 0.29) is 24.3 Å². The normalized spacial score (nSPS) is 14.0. The molecule has 0 radical (unpaired) electrons. The minimum atomic E-state index is -0.297. The molecule has 0 atom stereocenters. The van der Waals surface area contributed by atoms with Gasteiger partial charge in [0, 0.05) is 23.2 Å². The SMILES string of the molecule is COC(=O)CCN(C(=O)c1ccc(Cl)cc1)C1CC1. The summed E-state index contributed by atoms with van der Waals surface area (Å²) in [6.45, 7) is 0.402. The predicted molar refractivity (Wildman–Crippen MR) is 72.1 cm³/mol. The molecular weight excluding hydrogens is 266 g/mol. The van der Waals surface area contributed by atoms with E-state index in [0.717, 1.165) is 12.8 Å². The Hall–Kier alpha value is -1.55. The molecule has 0 spiro atoms. The van der Waals surface area contributed by atoms with Crippen LogP contribution >= 0.6 is 11.6 Å². The second kappa shape index (κ2) is 6.06. The maximum Gasteiger partial charge on any atom is 0.307 e. The number of esters is 1. The van der Waals surface area contributed by atoms with Crippen molar-refractivity contribution in [3.05, 3.63) is 34.9 Å². The van der Waals surface area contributed by atoms with Crippen LogP contribution in [-0.2, 0) is 9.53 Å². The van der Waals surface area contributed by atoms with Crippen molar-refractivity contribution in [1.29, 1.82) is 0 Å². The van der Waals surface area contributed by atoms with Crippen LogP contribution in [0.25, 0.3) is 0 Å². The van der Waals surface area contributed by atoms with E-state index in [0.29, 0.717) is 17.1 Å². The lowest BCUT2D eigenvalue weighted by atomic mass is 10.2. The smallest absolute Gasteiger partial charge is 0.307 e. The summed E-state index contributed by atoms with van der Waals surface area (Å²) in [5.41, 5.74) is 0.598. The summed E-state index contributed by atoms with van der Waals surface area (Å²) in [4.78, 5) is 25.3. The van der Waals surface area contributed by atoms with Crippen LogP contribution in [0.2, 0.25) is 5.02 Å². The molecule has 0 unspecified atom stereocenters. The molecule has 0 N–H and O–H groups in total. The molecule has 19 heavy (non-hydrogen) atoms. The van der Waals surface area contributed by atoms with E-state index in [1.165, 1.54) is 7.11 Å². The zero-order chi connectivity index (χ0) is 13.8. The van der Waals surface area contributed by atoms with E-state index < -0.39 is 0 Å². The Balaban J connectivity index is 2.04. The van der Waals surface area contributed by atoms with Gasteiger partial charge in [-0.1, -0.05) is 11.6 Å². The Morgan fingerprint density at radius 1 is 1.32 bits per heavy atom. The Labute approximate surface area is 117 Å². The van der Waals surface area contributed by atoms with Crippen LogP contribution in [0.5, 0.6) is 0 Å². The number of carbonyl (C=O) groups is 2. The molecule has 1 aliphatic carbocycles. The average Bonchev–Trinajstić information content (AvgIpc) is 3.24. The second-order valence-corrected chi connectivity index (χ2v) is 5.00. The second-order valence-electron chi connectivity index (χ2n) is 4.56. The highest BCUT2D eigenvalue weighted by molar-refractivity contribution is 6.30. The molecular formula is C14H16ClNO3. The van der Waals surface area contributed by atoms with Crippen LogP contribution in [0.15, 0.2) is 24.3 Å². The van der Waals surface area contributed by atoms with Crippen molar-refractivity contribution in [1.82, 2.24) is 4.90 Å². The van der Waals surface area contributed by atoms with E-state index >= 15 is 0 Å². The molecule has 0 aromatic heterocycles. The third kappa shape index (κ3) is 3.70. The first kappa shape index (κ1) is 13.9. The van der Waals surface area contributed by atoms with Crippen molar-refractivity contribution in [3.8, 4) is 0 Å². The zero-order valence-corrected chi connectivity index (χ0v) is 11.5. The number of halogens is 1. The first-order valence-corrected chi connectivity index (χ1v) is 6.63. The van der Waals surface area contributed by atoms with Crippen molar-refractivity contribution in [2.45, 2.75) is 25.3 Å². The number of nitrogens with zero attached hydrogens (tertiary/aromatic N) is 1. The Bertz CT molecular complexity index is 468. The third-order valence-electron chi connectivity index (χ3n) is 3.12. The van der Waals surface area contributed by atoms with Gasteiger partial charge < -0.3 is 9.64 Å². The minimum Gasteiger partial charge on any atom is -0.469 e. The van der Waals surface area contributed by atoms with Gasteiger partial charge in [0.05, 0.1) is 13.5 Å². The number of rotatable bonds is 5. The summed E-state index contributed by atoms with van der Waals surface area (Å²) in [6.07, 6.45) is 2.23. The molecule has 2 rings (SSSR count). The van der Waals surface area contributed by atoms with Crippen LogP contribution < -0.4 is 0 Å². The van der Waals surface area contributed by atoms with Crippen LogP contribution in [0.4, 0.5) is 0 Å². The lowest BCUT2D eigenvalue weighted by Crippen LogP contribution is -2.35. The molecule has 1 aromatic rings. The summed E-state index contributed by atoms with van der Waals surface area (Å²) < 4.78 is 4.61. The molecule has 0 saturated heterocycles. The van der Waals surface area contributed by atoms with E-state index in [4.69, 9.17) is 11.6 Å². The number of ether oxygens (including phenoxy) is 1. The number of amides is 1. The number of carbonyl (C=O) groups excluding carboxylic acids is 2. The van der Waals surface area contributed by atoms with Gasteiger partial charge in [-0.2, -0.15) is 0 Å². The average molecular weight is 282 g/mol. The first-order chi connectivity index (χ1) is 9.11. The van der Waals surface area contributed by atoms with Gasteiger partial charge in [-0.15, -0.1) is 0 Å². The fraction of sp³-hybridized carbons (Fsp3) is 0.429. The lowest BCUT2D eigenvalue weighted by Gasteiger charge is -2.22. The van der Waals surface area contributed by atoms with Gasteiger partial charge in [0.25, 0.3) is 5.91 Å². The summed E-state index contributed by atoms with van der Waals surface area (Å²) in [6, 6.07) is 7.06. The molecule has 4 nitrogen and oxygen atoms in total. The van der Waals surface area contributed by atoms with E-state index in [1.54, 1.807) is 29.2 Å². The molecule has 1 saturated carbocycles. The molecule has 1 amide bonds. The van der Waals surface area contributed by atoms with Crippen LogP contribution in [0.3, 0.4) is 0 Å². The van der Waals surface area contributed by atoms with Gasteiger partial charge in [0.1, 0.15) is 0 Å². The molecule has 1 fully saturated rings. The number of methoxy groups -OCH3 is 1. The maximum atomic E-state index is 12.4. The van der Waals surface area contributed by atoms with E-state index in [9.17, 15) is 9.59 Å². The lowest BCUT2D eigenvalue weighted by molar-refractivity contribution is -0.140. The van der Waals surface area contributed by atoms with Gasteiger partial charge in [-0.3, -0.25) is 9.59 Å². The van der Waals surface area contributed by atoms with Crippen molar-refractivity contribution in [2.75, 3.05) is 13.7 Å². The summed E-state index contributed by atoms with van der Waals surface area (Å²) in [7, 11) is 1.35. The standard InChI is InChI=1S/C14H16ClNO3/c1-19-13(17)8-9-16(12-6-7-12)14(18)10-2-4-11(15)5-3-10/h2-5,12H,6-9H2,1H3. The molecule has 5 heteroatoms. The van der Waals surface area contributed by atoms with Gasteiger partial charge >= 0.3 is 5.97 Å². The number of hydrogen-bond acceptors (Lipinski definition) is 3. The fourth-order valence-electron chi connectivity index (χ4n) is 1.91. The maximum absolute atomic E-state index is 12.4. The molecule has 0 aliphatic heterocycles. The van der Waals surface area contributed by atoms with Gasteiger partial charge in [0.15, 0.2) is 0 Å².